The Kier molecular flexibility index (Phi) is 11.6. The third-order valence-electron chi connectivity index (χ3n) is 4.27. The normalized spacial score (nSPS) is 20.6. The highest BCUT2D eigenvalue weighted by molar-refractivity contribution is 5.66. The lowest BCUT2D eigenvalue weighted by atomic mass is 10.1. The van der Waals surface area contributed by atoms with Gasteiger partial charge in [0.15, 0.2) is 0 Å². The summed E-state index contributed by atoms with van der Waals surface area (Å²) in [6, 6.07) is 0. The maximum Gasteiger partial charge on any atom is 0.303 e. The second-order valence-corrected chi connectivity index (χ2v) is 6.47. The molecule has 3 heteroatoms. The monoisotopic (exact) mass is 322 g/mol. The van der Waals surface area contributed by atoms with Gasteiger partial charge in [-0.25, -0.2) is 0 Å². The number of epoxide rings is 1. The summed E-state index contributed by atoms with van der Waals surface area (Å²) in [5.74, 6) is -0.680. The average Bonchev–Trinajstić information content (AvgIpc) is 3.27. The topological polar surface area (TPSA) is 49.8 Å². The smallest absolute Gasteiger partial charge is 0.303 e. The maximum absolute atomic E-state index is 10.4. The first kappa shape index (κ1) is 20.0. The van der Waals surface area contributed by atoms with Gasteiger partial charge in [-0.1, -0.05) is 63.3 Å². The molecule has 2 atom stereocenters. The number of carbonyl (C=O) groups is 1. The Labute approximate surface area is 141 Å². The minimum atomic E-state index is -0.680. The van der Waals surface area contributed by atoms with Crippen LogP contribution >= 0.6 is 0 Å². The Morgan fingerprint density at radius 3 is 2.52 bits per heavy atom. The molecule has 1 fully saturated rings. The lowest BCUT2D eigenvalue weighted by Crippen LogP contribution is -1.93. The molecule has 0 saturated carbocycles. The van der Waals surface area contributed by atoms with Crippen molar-refractivity contribution in [3.05, 3.63) is 24.3 Å². The lowest BCUT2D eigenvalue weighted by Gasteiger charge is -1.96. The Morgan fingerprint density at radius 1 is 0.957 bits per heavy atom. The summed E-state index contributed by atoms with van der Waals surface area (Å²) in [5.41, 5.74) is 0. The van der Waals surface area contributed by atoms with Crippen molar-refractivity contribution in [3.63, 3.8) is 0 Å². The molecule has 1 saturated heterocycles. The third-order valence-corrected chi connectivity index (χ3v) is 4.27. The van der Waals surface area contributed by atoms with Crippen LogP contribution in [0.25, 0.3) is 0 Å². The van der Waals surface area contributed by atoms with Gasteiger partial charge in [0.1, 0.15) is 0 Å². The molecule has 0 aliphatic carbocycles. The van der Waals surface area contributed by atoms with Crippen LogP contribution in [0.5, 0.6) is 0 Å². The van der Waals surface area contributed by atoms with Crippen LogP contribution in [0.4, 0.5) is 0 Å². The molecule has 0 radical (unpaired) electrons. The van der Waals surface area contributed by atoms with E-state index in [4.69, 9.17) is 9.84 Å². The van der Waals surface area contributed by atoms with Crippen LogP contribution in [0.15, 0.2) is 24.3 Å². The van der Waals surface area contributed by atoms with Crippen LogP contribution in [0.1, 0.15) is 84.0 Å². The van der Waals surface area contributed by atoms with E-state index in [-0.39, 0.29) is 0 Å². The lowest BCUT2D eigenvalue weighted by molar-refractivity contribution is -0.137. The maximum atomic E-state index is 10.4. The van der Waals surface area contributed by atoms with Gasteiger partial charge < -0.3 is 9.84 Å². The molecule has 3 nitrogen and oxygen atoms in total. The van der Waals surface area contributed by atoms with Crippen LogP contribution in [-0.4, -0.2) is 23.3 Å². The van der Waals surface area contributed by atoms with Crippen LogP contribution in [0.3, 0.4) is 0 Å². The van der Waals surface area contributed by atoms with E-state index in [9.17, 15) is 4.79 Å². The van der Waals surface area contributed by atoms with Crippen molar-refractivity contribution >= 4 is 5.97 Å². The van der Waals surface area contributed by atoms with E-state index in [0.29, 0.717) is 18.6 Å². The van der Waals surface area contributed by atoms with Crippen molar-refractivity contribution in [2.45, 2.75) is 96.2 Å². The number of carboxylic acids is 1. The molecule has 1 N–H and O–H groups in total. The van der Waals surface area contributed by atoms with Crippen LogP contribution in [0, 0.1) is 0 Å². The zero-order chi connectivity index (χ0) is 16.8. The predicted octanol–water partition coefficient (Wildman–Crippen LogP) is 5.65. The molecular weight excluding hydrogens is 288 g/mol. The number of hydrogen-bond acceptors (Lipinski definition) is 2. The summed E-state index contributed by atoms with van der Waals surface area (Å²) in [5, 5.41) is 8.53. The molecule has 0 aromatic carbocycles. The molecule has 23 heavy (non-hydrogen) atoms. The first-order chi connectivity index (χ1) is 11.2. The number of hydrogen-bond donors (Lipinski definition) is 1. The molecule has 1 heterocycles. The molecule has 0 aromatic heterocycles. The molecule has 1 aliphatic rings. The average molecular weight is 322 g/mol. The number of aliphatic carboxylic acids is 1. The van der Waals surface area contributed by atoms with Gasteiger partial charge in [0.05, 0.1) is 12.2 Å². The first-order valence-electron chi connectivity index (χ1n) is 9.41. The number of carboxylic acid groups (broad SMARTS) is 1. The largest absolute Gasteiger partial charge is 0.481 e. The zero-order valence-electron chi connectivity index (χ0n) is 14.7. The van der Waals surface area contributed by atoms with Gasteiger partial charge in [0.2, 0.25) is 0 Å². The highest BCUT2D eigenvalue weighted by Gasteiger charge is 2.36. The van der Waals surface area contributed by atoms with E-state index in [0.717, 1.165) is 44.9 Å². The SMILES string of the molecule is CCCCCC1OC1C/C=C\C/C=C\CCCCCCC(=O)O. The van der Waals surface area contributed by atoms with Crippen LogP contribution < -0.4 is 0 Å². The Balaban J connectivity index is 1.84. The predicted molar refractivity (Wildman–Crippen MR) is 95.7 cm³/mol. The minimum absolute atomic E-state index is 0.310. The van der Waals surface area contributed by atoms with Crippen molar-refractivity contribution in [2.75, 3.05) is 0 Å². The number of allylic oxidation sites excluding steroid dienone is 3. The van der Waals surface area contributed by atoms with Gasteiger partial charge >= 0.3 is 5.97 Å². The summed E-state index contributed by atoms with van der Waals surface area (Å²) in [6.07, 6.45) is 22.7. The second-order valence-electron chi connectivity index (χ2n) is 6.47. The summed E-state index contributed by atoms with van der Waals surface area (Å²) < 4.78 is 5.66. The van der Waals surface area contributed by atoms with Gasteiger partial charge in [0.25, 0.3) is 0 Å². The quantitative estimate of drug-likeness (QED) is 0.241. The Bertz CT molecular complexity index is 360. The van der Waals surface area contributed by atoms with Gasteiger partial charge in [-0.3, -0.25) is 4.79 Å². The summed E-state index contributed by atoms with van der Waals surface area (Å²) in [7, 11) is 0. The van der Waals surface area contributed by atoms with Gasteiger partial charge in [-0.15, -0.1) is 0 Å². The standard InChI is InChI=1S/C20H34O3/c1-2-3-12-15-18-19(23-18)16-13-10-8-6-4-5-7-9-11-14-17-20(21)22/h4,6,10,13,18-19H,2-3,5,7-9,11-12,14-17H2,1H3,(H,21,22)/b6-4-,13-10-. The summed E-state index contributed by atoms with van der Waals surface area (Å²) >= 11 is 0. The summed E-state index contributed by atoms with van der Waals surface area (Å²) in [4.78, 5) is 10.4. The van der Waals surface area contributed by atoms with Crippen molar-refractivity contribution in [2.24, 2.45) is 0 Å². The van der Waals surface area contributed by atoms with Gasteiger partial charge in [-0.05, 0) is 38.5 Å². The first-order valence-corrected chi connectivity index (χ1v) is 9.41. The van der Waals surface area contributed by atoms with Crippen molar-refractivity contribution in [3.8, 4) is 0 Å². The van der Waals surface area contributed by atoms with E-state index in [1.54, 1.807) is 0 Å². The fourth-order valence-electron chi connectivity index (χ4n) is 2.75. The zero-order valence-corrected chi connectivity index (χ0v) is 14.7. The highest BCUT2D eigenvalue weighted by Crippen LogP contribution is 2.30. The van der Waals surface area contributed by atoms with E-state index in [1.165, 1.54) is 25.7 Å². The van der Waals surface area contributed by atoms with Gasteiger partial charge in [-0.2, -0.15) is 0 Å². The van der Waals surface area contributed by atoms with E-state index in [2.05, 4.69) is 31.2 Å². The highest BCUT2D eigenvalue weighted by atomic mass is 16.6. The van der Waals surface area contributed by atoms with Crippen molar-refractivity contribution in [1.29, 1.82) is 0 Å². The van der Waals surface area contributed by atoms with Crippen molar-refractivity contribution < 1.29 is 14.6 Å². The fraction of sp³-hybridized carbons (Fsp3) is 0.750. The van der Waals surface area contributed by atoms with Gasteiger partial charge in [0, 0.05) is 6.42 Å². The van der Waals surface area contributed by atoms with Crippen LogP contribution in [0.2, 0.25) is 0 Å². The summed E-state index contributed by atoms with van der Waals surface area (Å²) in [6.45, 7) is 2.24. The molecule has 2 unspecified atom stereocenters. The molecule has 1 aliphatic heterocycles. The minimum Gasteiger partial charge on any atom is -0.481 e. The number of unbranched alkanes of at least 4 members (excludes halogenated alkanes) is 6. The second kappa shape index (κ2) is 13.4. The molecule has 0 amide bonds. The third kappa shape index (κ3) is 12.1. The Hall–Kier alpha value is -1.09. The molecule has 132 valence electrons. The number of rotatable bonds is 15. The molecular formula is C20H34O3. The van der Waals surface area contributed by atoms with Crippen molar-refractivity contribution in [1.82, 2.24) is 0 Å². The number of ether oxygens (including phenoxy) is 1. The fourth-order valence-corrected chi connectivity index (χ4v) is 2.75. The van der Waals surface area contributed by atoms with E-state index >= 15 is 0 Å². The molecule has 0 spiro atoms. The Morgan fingerprint density at radius 2 is 1.74 bits per heavy atom. The van der Waals surface area contributed by atoms with Crippen LogP contribution in [-0.2, 0) is 9.53 Å². The molecule has 1 rings (SSSR count). The molecule has 0 bridgehead atoms. The van der Waals surface area contributed by atoms with E-state index in [1.807, 2.05) is 0 Å². The van der Waals surface area contributed by atoms with E-state index < -0.39 is 5.97 Å². The molecule has 0 aromatic rings.